The number of hydrogen-bond donors (Lipinski definition) is 3. The summed E-state index contributed by atoms with van der Waals surface area (Å²) in [4.78, 5) is 24.9. The zero-order chi connectivity index (χ0) is 12.0. The van der Waals surface area contributed by atoms with Crippen molar-refractivity contribution in [1.29, 1.82) is 0 Å². The van der Waals surface area contributed by atoms with E-state index >= 15 is 0 Å². The standard InChI is InChI=1S/C10H20N4O2/c1-3-12-10(16)13-9(15)8(2)14-6-4-11-5-7-14/h8,11H,3-7H2,1-2H3,(H2,12,13,15,16). The van der Waals surface area contributed by atoms with E-state index < -0.39 is 6.03 Å². The van der Waals surface area contributed by atoms with Gasteiger partial charge in [0.25, 0.3) is 0 Å². The predicted molar refractivity (Wildman–Crippen MR) is 61.1 cm³/mol. The van der Waals surface area contributed by atoms with Crippen LogP contribution in [0.3, 0.4) is 0 Å². The molecular formula is C10H20N4O2. The van der Waals surface area contributed by atoms with Crippen LogP contribution in [0.1, 0.15) is 13.8 Å². The molecule has 1 unspecified atom stereocenters. The van der Waals surface area contributed by atoms with Crippen LogP contribution >= 0.6 is 0 Å². The average Bonchev–Trinajstić information content (AvgIpc) is 2.29. The van der Waals surface area contributed by atoms with Gasteiger partial charge in [0.15, 0.2) is 0 Å². The van der Waals surface area contributed by atoms with Crippen LogP contribution < -0.4 is 16.0 Å². The van der Waals surface area contributed by atoms with Crippen molar-refractivity contribution in [3.8, 4) is 0 Å². The normalized spacial score (nSPS) is 18.9. The molecule has 0 aliphatic carbocycles. The molecule has 6 heteroatoms. The summed E-state index contributed by atoms with van der Waals surface area (Å²) in [7, 11) is 0. The molecule has 0 saturated carbocycles. The SMILES string of the molecule is CCNC(=O)NC(=O)C(C)N1CCNCC1. The van der Waals surface area contributed by atoms with E-state index in [0.29, 0.717) is 6.54 Å². The molecule has 3 amide bonds. The zero-order valence-electron chi connectivity index (χ0n) is 9.88. The van der Waals surface area contributed by atoms with Crippen molar-refractivity contribution in [2.45, 2.75) is 19.9 Å². The summed E-state index contributed by atoms with van der Waals surface area (Å²) in [6.45, 7) is 7.59. The molecule has 0 spiro atoms. The van der Waals surface area contributed by atoms with E-state index in [2.05, 4.69) is 20.9 Å². The molecule has 0 aromatic carbocycles. The number of nitrogens with one attached hydrogen (secondary N) is 3. The van der Waals surface area contributed by atoms with Crippen LogP contribution in [0.2, 0.25) is 0 Å². The van der Waals surface area contributed by atoms with Crippen molar-refractivity contribution in [3.05, 3.63) is 0 Å². The highest BCUT2D eigenvalue weighted by atomic mass is 16.2. The van der Waals surface area contributed by atoms with Gasteiger partial charge in [0, 0.05) is 32.7 Å². The fourth-order valence-electron chi connectivity index (χ4n) is 1.66. The topological polar surface area (TPSA) is 73.5 Å². The highest BCUT2D eigenvalue weighted by molar-refractivity contribution is 5.96. The Labute approximate surface area is 95.8 Å². The molecule has 1 saturated heterocycles. The number of carbonyl (C=O) groups excluding carboxylic acids is 2. The lowest BCUT2D eigenvalue weighted by Crippen LogP contribution is -2.54. The lowest BCUT2D eigenvalue weighted by molar-refractivity contribution is -0.124. The van der Waals surface area contributed by atoms with Crippen molar-refractivity contribution >= 4 is 11.9 Å². The largest absolute Gasteiger partial charge is 0.338 e. The van der Waals surface area contributed by atoms with Crippen molar-refractivity contribution in [1.82, 2.24) is 20.9 Å². The fourth-order valence-corrected chi connectivity index (χ4v) is 1.66. The van der Waals surface area contributed by atoms with Crippen LogP contribution in [-0.2, 0) is 4.79 Å². The van der Waals surface area contributed by atoms with Gasteiger partial charge in [-0.1, -0.05) is 0 Å². The van der Waals surface area contributed by atoms with Gasteiger partial charge < -0.3 is 10.6 Å². The predicted octanol–water partition coefficient (Wildman–Crippen LogP) is -0.874. The number of piperazine rings is 1. The molecule has 1 heterocycles. The van der Waals surface area contributed by atoms with Gasteiger partial charge in [-0.2, -0.15) is 0 Å². The van der Waals surface area contributed by atoms with Crippen LogP contribution in [-0.4, -0.2) is 55.6 Å². The van der Waals surface area contributed by atoms with Gasteiger partial charge >= 0.3 is 6.03 Å². The number of nitrogens with zero attached hydrogens (tertiary/aromatic N) is 1. The molecule has 16 heavy (non-hydrogen) atoms. The lowest BCUT2D eigenvalue weighted by atomic mass is 10.2. The van der Waals surface area contributed by atoms with Crippen LogP contribution in [0.15, 0.2) is 0 Å². The highest BCUT2D eigenvalue weighted by Crippen LogP contribution is 2.00. The highest BCUT2D eigenvalue weighted by Gasteiger charge is 2.23. The number of amides is 3. The van der Waals surface area contributed by atoms with E-state index in [0.717, 1.165) is 26.2 Å². The smallest absolute Gasteiger partial charge is 0.321 e. The Balaban J connectivity index is 2.37. The van der Waals surface area contributed by atoms with Crippen molar-refractivity contribution in [2.75, 3.05) is 32.7 Å². The third kappa shape index (κ3) is 3.79. The third-order valence-corrected chi connectivity index (χ3v) is 2.65. The maximum atomic E-state index is 11.7. The molecule has 3 N–H and O–H groups in total. The van der Waals surface area contributed by atoms with Crippen LogP contribution in [0.25, 0.3) is 0 Å². The molecule has 1 atom stereocenters. The Hall–Kier alpha value is -1.14. The summed E-state index contributed by atoms with van der Waals surface area (Å²) in [6.07, 6.45) is 0. The van der Waals surface area contributed by atoms with Gasteiger partial charge in [-0.05, 0) is 13.8 Å². The summed E-state index contributed by atoms with van der Waals surface area (Å²) in [5.74, 6) is -0.243. The van der Waals surface area contributed by atoms with E-state index in [4.69, 9.17) is 0 Å². The minimum atomic E-state index is -0.422. The number of carbonyl (C=O) groups is 2. The molecule has 6 nitrogen and oxygen atoms in total. The van der Waals surface area contributed by atoms with Gasteiger partial charge in [0.2, 0.25) is 5.91 Å². The Bertz CT molecular complexity index is 251. The van der Waals surface area contributed by atoms with Crippen LogP contribution in [0.4, 0.5) is 4.79 Å². The van der Waals surface area contributed by atoms with E-state index in [9.17, 15) is 9.59 Å². The molecule has 1 rings (SSSR count). The van der Waals surface area contributed by atoms with Gasteiger partial charge in [-0.15, -0.1) is 0 Å². The molecule has 92 valence electrons. The number of urea groups is 1. The molecule has 0 radical (unpaired) electrons. The fraction of sp³-hybridized carbons (Fsp3) is 0.800. The van der Waals surface area contributed by atoms with E-state index in [1.54, 1.807) is 0 Å². The first-order valence-electron chi connectivity index (χ1n) is 5.68. The number of hydrogen-bond acceptors (Lipinski definition) is 4. The first kappa shape index (κ1) is 12.9. The Morgan fingerprint density at radius 3 is 2.56 bits per heavy atom. The Kier molecular flexibility index (Phi) is 5.21. The van der Waals surface area contributed by atoms with Crippen molar-refractivity contribution in [2.24, 2.45) is 0 Å². The van der Waals surface area contributed by atoms with Crippen LogP contribution in [0, 0.1) is 0 Å². The quantitative estimate of drug-likeness (QED) is 0.587. The summed E-state index contributed by atoms with van der Waals surface area (Å²) in [5.41, 5.74) is 0. The van der Waals surface area contributed by atoms with Crippen molar-refractivity contribution in [3.63, 3.8) is 0 Å². The first-order chi connectivity index (χ1) is 7.65. The minimum Gasteiger partial charge on any atom is -0.338 e. The third-order valence-electron chi connectivity index (χ3n) is 2.65. The first-order valence-corrected chi connectivity index (χ1v) is 5.68. The summed E-state index contributed by atoms with van der Waals surface area (Å²) in [6, 6.07) is -0.681. The Morgan fingerprint density at radius 2 is 2.00 bits per heavy atom. The molecule has 0 aromatic heterocycles. The summed E-state index contributed by atoms with van der Waals surface area (Å²) in [5, 5.41) is 8.08. The Morgan fingerprint density at radius 1 is 1.38 bits per heavy atom. The lowest BCUT2D eigenvalue weighted by Gasteiger charge is -2.31. The summed E-state index contributed by atoms with van der Waals surface area (Å²) < 4.78 is 0. The maximum Gasteiger partial charge on any atom is 0.321 e. The summed E-state index contributed by atoms with van der Waals surface area (Å²) >= 11 is 0. The second-order valence-electron chi connectivity index (χ2n) is 3.81. The molecule has 0 aromatic rings. The zero-order valence-corrected chi connectivity index (χ0v) is 9.88. The monoisotopic (exact) mass is 228 g/mol. The van der Waals surface area contributed by atoms with Gasteiger partial charge in [-0.3, -0.25) is 15.0 Å². The maximum absolute atomic E-state index is 11.7. The van der Waals surface area contributed by atoms with Gasteiger partial charge in [0.1, 0.15) is 0 Å². The molecule has 1 fully saturated rings. The molecule has 1 aliphatic rings. The number of rotatable bonds is 3. The van der Waals surface area contributed by atoms with E-state index in [1.165, 1.54) is 0 Å². The van der Waals surface area contributed by atoms with E-state index in [1.807, 2.05) is 13.8 Å². The van der Waals surface area contributed by atoms with Crippen LogP contribution in [0.5, 0.6) is 0 Å². The number of imide groups is 1. The molecule has 0 bridgehead atoms. The van der Waals surface area contributed by atoms with Gasteiger partial charge in [-0.25, -0.2) is 4.79 Å². The van der Waals surface area contributed by atoms with Crippen molar-refractivity contribution < 1.29 is 9.59 Å². The molecular weight excluding hydrogens is 208 g/mol. The van der Waals surface area contributed by atoms with E-state index in [-0.39, 0.29) is 11.9 Å². The van der Waals surface area contributed by atoms with Gasteiger partial charge in [0.05, 0.1) is 6.04 Å². The second kappa shape index (κ2) is 6.44. The second-order valence-corrected chi connectivity index (χ2v) is 3.81. The average molecular weight is 228 g/mol. The minimum absolute atomic E-state index is 0.243. The molecule has 1 aliphatic heterocycles.